The van der Waals surface area contributed by atoms with E-state index in [1.807, 2.05) is 12.3 Å². The van der Waals surface area contributed by atoms with Crippen LogP contribution in [-0.4, -0.2) is 4.98 Å². The van der Waals surface area contributed by atoms with Gasteiger partial charge in [-0.3, -0.25) is 0 Å². The zero-order valence-corrected chi connectivity index (χ0v) is 10.1. The Balaban J connectivity index is 2.00. The standard InChI is InChI=1S/C13H9NS2/c1-2-5-10(6-3-1)12-9-14-13(16-12)11-7-4-8-15-11/h1-9H. The summed E-state index contributed by atoms with van der Waals surface area (Å²) < 4.78 is 0. The van der Waals surface area contributed by atoms with Gasteiger partial charge in [0.2, 0.25) is 0 Å². The minimum absolute atomic E-state index is 1.11. The van der Waals surface area contributed by atoms with Crippen LogP contribution in [0.1, 0.15) is 0 Å². The summed E-state index contributed by atoms with van der Waals surface area (Å²) in [5, 5.41) is 3.19. The van der Waals surface area contributed by atoms with Gasteiger partial charge in [-0.2, -0.15) is 0 Å². The molecule has 0 aliphatic heterocycles. The first kappa shape index (κ1) is 9.75. The van der Waals surface area contributed by atoms with Crippen molar-refractivity contribution in [1.82, 2.24) is 4.98 Å². The fraction of sp³-hybridized carbons (Fsp3) is 0. The lowest BCUT2D eigenvalue weighted by atomic mass is 10.2. The van der Waals surface area contributed by atoms with Crippen LogP contribution in [0.2, 0.25) is 0 Å². The lowest BCUT2D eigenvalue weighted by Gasteiger charge is -1.93. The Morgan fingerprint density at radius 1 is 0.875 bits per heavy atom. The number of nitrogens with zero attached hydrogens (tertiary/aromatic N) is 1. The monoisotopic (exact) mass is 243 g/mol. The number of hydrogen-bond acceptors (Lipinski definition) is 3. The van der Waals surface area contributed by atoms with Gasteiger partial charge >= 0.3 is 0 Å². The average molecular weight is 243 g/mol. The summed E-state index contributed by atoms with van der Waals surface area (Å²) in [7, 11) is 0. The van der Waals surface area contributed by atoms with Crippen LogP contribution >= 0.6 is 22.7 Å². The first-order valence-corrected chi connectivity index (χ1v) is 6.68. The lowest BCUT2D eigenvalue weighted by Crippen LogP contribution is -1.67. The zero-order chi connectivity index (χ0) is 10.8. The summed E-state index contributed by atoms with van der Waals surface area (Å²) in [6.45, 7) is 0. The number of thiazole rings is 1. The third kappa shape index (κ3) is 1.79. The van der Waals surface area contributed by atoms with E-state index in [0.717, 1.165) is 5.01 Å². The highest BCUT2D eigenvalue weighted by molar-refractivity contribution is 7.22. The molecule has 2 heterocycles. The van der Waals surface area contributed by atoms with E-state index in [2.05, 4.69) is 46.8 Å². The number of rotatable bonds is 2. The van der Waals surface area contributed by atoms with E-state index in [0.29, 0.717) is 0 Å². The molecular weight excluding hydrogens is 234 g/mol. The molecule has 3 aromatic rings. The van der Waals surface area contributed by atoms with E-state index in [9.17, 15) is 0 Å². The lowest BCUT2D eigenvalue weighted by molar-refractivity contribution is 1.43. The highest BCUT2D eigenvalue weighted by atomic mass is 32.1. The number of benzene rings is 1. The SMILES string of the molecule is c1ccc(-c2cnc(-c3cccs3)s2)cc1. The highest BCUT2D eigenvalue weighted by Gasteiger charge is 2.06. The normalized spacial score (nSPS) is 10.5. The van der Waals surface area contributed by atoms with E-state index in [-0.39, 0.29) is 0 Å². The fourth-order valence-electron chi connectivity index (χ4n) is 1.52. The molecule has 0 N–H and O–H groups in total. The quantitative estimate of drug-likeness (QED) is 0.644. The second-order valence-electron chi connectivity index (χ2n) is 3.37. The number of hydrogen-bond donors (Lipinski definition) is 0. The Morgan fingerprint density at radius 3 is 2.50 bits per heavy atom. The average Bonchev–Trinajstić information content (AvgIpc) is 3.01. The van der Waals surface area contributed by atoms with E-state index >= 15 is 0 Å². The van der Waals surface area contributed by atoms with Crippen molar-refractivity contribution in [3.63, 3.8) is 0 Å². The minimum atomic E-state index is 1.11. The third-order valence-corrected chi connectivity index (χ3v) is 4.38. The van der Waals surface area contributed by atoms with Gasteiger partial charge in [0.25, 0.3) is 0 Å². The first-order chi connectivity index (χ1) is 7.93. The Bertz CT molecular complexity index is 567. The molecule has 0 atom stereocenters. The molecule has 3 rings (SSSR count). The van der Waals surface area contributed by atoms with Gasteiger partial charge in [-0.15, -0.1) is 22.7 Å². The van der Waals surface area contributed by atoms with Gasteiger partial charge in [-0.05, 0) is 17.0 Å². The molecule has 0 spiro atoms. The van der Waals surface area contributed by atoms with Gasteiger partial charge in [-0.25, -0.2) is 4.98 Å². The predicted molar refractivity (Wildman–Crippen MR) is 70.9 cm³/mol. The van der Waals surface area contributed by atoms with Crippen LogP contribution in [0, 0.1) is 0 Å². The van der Waals surface area contributed by atoms with Gasteiger partial charge in [0.1, 0.15) is 5.01 Å². The van der Waals surface area contributed by atoms with Crippen molar-refractivity contribution in [3.8, 4) is 20.3 Å². The van der Waals surface area contributed by atoms with Crippen molar-refractivity contribution in [2.75, 3.05) is 0 Å². The van der Waals surface area contributed by atoms with Gasteiger partial charge in [-0.1, -0.05) is 36.4 Å². The molecule has 2 aromatic heterocycles. The molecule has 0 aliphatic rings. The maximum absolute atomic E-state index is 4.46. The zero-order valence-electron chi connectivity index (χ0n) is 8.46. The molecule has 3 heteroatoms. The summed E-state index contributed by atoms with van der Waals surface area (Å²) in [5.74, 6) is 0. The molecule has 1 aromatic carbocycles. The second-order valence-corrected chi connectivity index (χ2v) is 5.35. The molecule has 0 saturated heterocycles. The smallest absolute Gasteiger partial charge is 0.133 e. The van der Waals surface area contributed by atoms with Crippen molar-refractivity contribution in [2.45, 2.75) is 0 Å². The molecule has 0 aliphatic carbocycles. The number of aromatic nitrogens is 1. The van der Waals surface area contributed by atoms with Crippen molar-refractivity contribution in [3.05, 3.63) is 54.0 Å². The van der Waals surface area contributed by atoms with Crippen LogP contribution in [0.25, 0.3) is 20.3 Å². The van der Waals surface area contributed by atoms with Crippen molar-refractivity contribution >= 4 is 22.7 Å². The molecule has 0 saturated carbocycles. The molecule has 0 radical (unpaired) electrons. The van der Waals surface area contributed by atoms with E-state index in [4.69, 9.17) is 0 Å². The fourth-order valence-corrected chi connectivity index (χ4v) is 3.25. The molecule has 0 unspecified atom stereocenters. The van der Waals surface area contributed by atoms with Crippen LogP contribution in [0.15, 0.2) is 54.0 Å². The number of thiophene rings is 1. The molecule has 0 amide bonds. The topological polar surface area (TPSA) is 12.9 Å². The Labute approximate surface area is 102 Å². The largest absolute Gasteiger partial charge is 0.243 e. The summed E-state index contributed by atoms with van der Waals surface area (Å²) in [4.78, 5) is 6.93. The van der Waals surface area contributed by atoms with Crippen LogP contribution in [0.4, 0.5) is 0 Å². The summed E-state index contributed by atoms with van der Waals surface area (Å²) in [6, 6.07) is 14.5. The van der Waals surface area contributed by atoms with Crippen LogP contribution in [0.3, 0.4) is 0 Å². The van der Waals surface area contributed by atoms with E-state index in [1.54, 1.807) is 22.7 Å². The maximum Gasteiger partial charge on any atom is 0.133 e. The van der Waals surface area contributed by atoms with Crippen LogP contribution in [-0.2, 0) is 0 Å². The molecule has 16 heavy (non-hydrogen) atoms. The van der Waals surface area contributed by atoms with Crippen LogP contribution < -0.4 is 0 Å². The Kier molecular flexibility index (Phi) is 2.56. The summed E-state index contributed by atoms with van der Waals surface area (Å²) >= 11 is 3.48. The van der Waals surface area contributed by atoms with Crippen LogP contribution in [0.5, 0.6) is 0 Å². The van der Waals surface area contributed by atoms with Gasteiger partial charge in [0, 0.05) is 6.20 Å². The molecule has 0 fully saturated rings. The molecule has 1 nitrogen and oxygen atoms in total. The predicted octanol–water partition coefficient (Wildman–Crippen LogP) is 4.54. The minimum Gasteiger partial charge on any atom is -0.243 e. The molecule has 0 bridgehead atoms. The maximum atomic E-state index is 4.46. The second kappa shape index (κ2) is 4.20. The molecule has 78 valence electrons. The van der Waals surface area contributed by atoms with Gasteiger partial charge in [0.15, 0.2) is 0 Å². The first-order valence-electron chi connectivity index (χ1n) is 4.98. The van der Waals surface area contributed by atoms with Crippen molar-refractivity contribution < 1.29 is 0 Å². The Hall–Kier alpha value is -1.45. The Morgan fingerprint density at radius 2 is 1.75 bits per heavy atom. The van der Waals surface area contributed by atoms with Gasteiger partial charge < -0.3 is 0 Å². The van der Waals surface area contributed by atoms with Crippen molar-refractivity contribution in [1.29, 1.82) is 0 Å². The highest BCUT2D eigenvalue weighted by Crippen LogP contribution is 2.33. The van der Waals surface area contributed by atoms with E-state index in [1.165, 1.54) is 15.3 Å². The third-order valence-electron chi connectivity index (χ3n) is 2.30. The summed E-state index contributed by atoms with van der Waals surface area (Å²) in [5.41, 5.74) is 1.24. The molecular formula is C13H9NS2. The van der Waals surface area contributed by atoms with Gasteiger partial charge in [0.05, 0.1) is 9.75 Å². The van der Waals surface area contributed by atoms with Crippen molar-refractivity contribution in [2.24, 2.45) is 0 Å². The van der Waals surface area contributed by atoms with E-state index < -0.39 is 0 Å². The summed E-state index contributed by atoms with van der Waals surface area (Å²) in [6.07, 6.45) is 1.95.